The summed E-state index contributed by atoms with van der Waals surface area (Å²) in [6, 6.07) is 9.10. The molecule has 0 atom stereocenters. The molecule has 2 rings (SSSR count). The Bertz CT molecular complexity index is 564. The van der Waals surface area contributed by atoms with Crippen molar-refractivity contribution in [2.24, 2.45) is 0 Å². The van der Waals surface area contributed by atoms with Crippen LogP contribution in [0.1, 0.15) is 11.1 Å². The molecule has 0 aliphatic rings. The first-order valence-electron chi connectivity index (χ1n) is 6.75. The third-order valence-corrected chi connectivity index (χ3v) is 3.59. The number of hydrogen-bond acceptors (Lipinski definition) is 2. The van der Waals surface area contributed by atoms with Crippen LogP contribution in [0.25, 0.3) is 0 Å². The summed E-state index contributed by atoms with van der Waals surface area (Å²) < 4.78 is 26.2. The number of rotatable bonds is 6. The highest BCUT2D eigenvalue weighted by Gasteiger charge is 2.04. The zero-order valence-corrected chi connectivity index (χ0v) is 12.3. The Hall–Kier alpha value is -1.65. The highest BCUT2D eigenvalue weighted by atomic mass is 35.5. The molecule has 5 heteroatoms. The standard InChI is InChI=1S/C16H17ClF2N2/c17-15-10-14(20)4-2-11(15)5-7-21-8-6-12-1-3-13(18)9-16(12)19/h1-4,9-10,21H,5-8,20H2. The molecule has 2 nitrogen and oxygen atoms in total. The number of halogens is 3. The molecule has 112 valence electrons. The SMILES string of the molecule is Nc1ccc(CCNCCc2ccc(F)cc2F)c(Cl)c1. The summed E-state index contributed by atoms with van der Waals surface area (Å²) in [4.78, 5) is 0. The molecule has 0 fully saturated rings. The van der Waals surface area contributed by atoms with Gasteiger partial charge in [0.1, 0.15) is 11.6 Å². The van der Waals surface area contributed by atoms with Gasteiger partial charge in [-0.15, -0.1) is 0 Å². The van der Waals surface area contributed by atoms with Gasteiger partial charge in [0.15, 0.2) is 0 Å². The van der Waals surface area contributed by atoms with Crippen LogP contribution in [0, 0.1) is 11.6 Å². The van der Waals surface area contributed by atoms with Gasteiger partial charge in [0.2, 0.25) is 0 Å². The highest BCUT2D eigenvalue weighted by Crippen LogP contribution is 2.19. The average Bonchev–Trinajstić information content (AvgIpc) is 2.42. The Morgan fingerprint density at radius 1 is 0.952 bits per heavy atom. The maximum Gasteiger partial charge on any atom is 0.129 e. The first-order chi connectivity index (χ1) is 10.1. The van der Waals surface area contributed by atoms with Crippen molar-refractivity contribution in [1.29, 1.82) is 0 Å². The normalized spacial score (nSPS) is 10.8. The molecule has 0 aliphatic heterocycles. The Kier molecular flexibility index (Phi) is 5.53. The number of nitrogen functional groups attached to an aromatic ring is 1. The molecule has 3 N–H and O–H groups in total. The lowest BCUT2D eigenvalue weighted by Crippen LogP contribution is -2.20. The summed E-state index contributed by atoms with van der Waals surface area (Å²) >= 11 is 6.08. The monoisotopic (exact) mass is 310 g/mol. The summed E-state index contributed by atoms with van der Waals surface area (Å²) in [6.07, 6.45) is 1.28. The van der Waals surface area contributed by atoms with Crippen LogP contribution in [0.3, 0.4) is 0 Å². The molecule has 0 radical (unpaired) electrons. The lowest BCUT2D eigenvalue weighted by Gasteiger charge is -2.08. The smallest absolute Gasteiger partial charge is 0.129 e. The predicted octanol–water partition coefficient (Wildman–Crippen LogP) is 3.58. The van der Waals surface area contributed by atoms with E-state index in [1.165, 1.54) is 12.1 Å². The van der Waals surface area contributed by atoms with E-state index in [0.29, 0.717) is 29.2 Å². The molecule has 0 amide bonds. The molecule has 0 spiro atoms. The van der Waals surface area contributed by atoms with E-state index in [1.54, 1.807) is 6.07 Å². The topological polar surface area (TPSA) is 38.0 Å². The van der Waals surface area contributed by atoms with Crippen molar-refractivity contribution in [3.63, 3.8) is 0 Å². The lowest BCUT2D eigenvalue weighted by molar-refractivity contribution is 0.566. The Morgan fingerprint density at radius 2 is 1.62 bits per heavy atom. The van der Waals surface area contributed by atoms with Crippen molar-refractivity contribution in [1.82, 2.24) is 5.32 Å². The van der Waals surface area contributed by atoms with Gasteiger partial charge in [0, 0.05) is 16.8 Å². The van der Waals surface area contributed by atoms with E-state index >= 15 is 0 Å². The number of nitrogens with two attached hydrogens (primary N) is 1. The van der Waals surface area contributed by atoms with Crippen molar-refractivity contribution < 1.29 is 8.78 Å². The maximum atomic E-state index is 13.4. The second-order valence-electron chi connectivity index (χ2n) is 4.84. The zero-order valence-electron chi connectivity index (χ0n) is 11.5. The lowest BCUT2D eigenvalue weighted by atomic mass is 10.1. The van der Waals surface area contributed by atoms with Gasteiger partial charge in [0.25, 0.3) is 0 Å². The van der Waals surface area contributed by atoms with Gasteiger partial charge in [-0.1, -0.05) is 23.7 Å². The molecule has 2 aromatic rings. The molecule has 0 saturated carbocycles. The van der Waals surface area contributed by atoms with E-state index in [2.05, 4.69) is 5.32 Å². The van der Waals surface area contributed by atoms with Gasteiger partial charge in [-0.2, -0.15) is 0 Å². The van der Waals surface area contributed by atoms with E-state index in [9.17, 15) is 8.78 Å². The first-order valence-corrected chi connectivity index (χ1v) is 7.12. The number of anilines is 1. The molecule has 0 aliphatic carbocycles. The number of nitrogens with one attached hydrogen (secondary N) is 1. The van der Waals surface area contributed by atoms with E-state index in [0.717, 1.165) is 24.6 Å². The molecule has 0 bridgehead atoms. The van der Waals surface area contributed by atoms with Crippen LogP contribution in [-0.4, -0.2) is 13.1 Å². The van der Waals surface area contributed by atoms with E-state index in [4.69, 9.17) is 17.3 Å². The van der Waals surface area contributed by atoms with Crippen LogP contribution < -0.4 is 11.1 Å². The largest absolute Gasteiger partial charge is 0.399 e. The van der Waals surface area contributed by atoms with Crippen LogP contribution in [0.15, 0.2) is 36.4 Å². The van der Waals surface area contributed by atoms with Crippen molar-refractivity contribution in [3.8, 4) is 0 Å². The third kappa shape index (κ3) is 4.69. The summed E-state index contributed by atoms with van der Waals surface area (Å²) in [6.45, 7) is 1.35. The second-order valence-corrected chi connectivity index (χ2v) is 5.24. The van der Waals surface area contributed by atoms with E-state index in [1.807, 2.05) is 12.1 Å². The minimum absolute atomic E-state index is 0.502. The van der Waals surface area contributed by atoms with Gasteiger partial charge >= 0.3 is 0 Å². The Balaban J connectivity index is 1.75. The minimum atomic E-state index is -0.554. The average molecular weight is 311 g/mol. The fourth-order valence-electron chi connectivity index (χ4n) is 2.06. The van der Waals surface area contributed by atoms with Crippen molar-refractivity contribution >= 4 is 17.3 Å². The molecular formula is C16H17ClF2N2. The Labute approximate surface area is 127 Å². The van der Waals surface area contributed by atoms with Crippen molar-refractivity contribution in [3.05, 3.63) is 64.2 Å². The van der Waals surface area contributed by atoms with Gasteiger partial charge in [0.05, 0.1) is 0 Å². The van der Waals surface area contributed by atoms with Crippen LogP contribution in [0.5, 0.6) is 0 Å². The Morgan fingerprint density at radius 3 is 2.29 bits per heavy atom. The van der Waals surface area contributed by atoms with Crippen LogP contribution >= 0.6 is 11.6 Å². The first kappa shape index (κ1) is 15.7. The van der Waals surface area contributed by atoms with Crippen LogP contribution in [0.4, 0.5) is 14.5 Å². The molecular weight excluding hydrogens is 294 g/mol. The van der Waals surface area contributed by atoms with Crippen LogP contribution in [-0.2, 0) is 12.8 Å². The quantitative estimate of drug-likeness (QED) is 0.632. The number of hydrogen-bond donors (Lipinski definition) is 2. The molecule has 2 aromatic carbocycles. The summed E-state index contributed by atoms with van der Waals surface area (Å²) in [5.74, 6) is -1.06. The molecule has 0 aromatic heterocycles. The van der Waals surface area contributed by atoms with Gasteiger partial charge in [-0.25, -0.2) is 8.78 Å². The van der Waals surface area contributed by atoms with E-state index < -0.39 is 11.6 Å². The van der Waals surface area contributed by atoms with Gasteiger partial charge < -0.3 is 11.1 Å². The molecule has 0 saturated heterocycles. The van der Waals surface area contributed by atoms with Crippen molar-refractivity contribution in [2.45, 2.75) is 12.8 Å². The van der Waals surface area contributed by atoms with Crippen LogP contribution in [0.2, 0.25) is 5.02 Å². The predicted molar refractivity (Wildman–Crippen MR) is 82.5 cm³/mol. The number of benzene rings is 2. The van der Waals surface area contributed by atoms with E-state index in [-0.39, 0.29) is 0 Å². The fraction of sp³-hybridized carbons (Fsp3) is 0.250. The van der Waals surface area contributed by atoms with Gasteiger partial charge in [-0.05, 0) is 55.3 Å². The maximum absolute atomic E-state index is 13.4. The molecule has 0 heterocycles. The highest BCUT2D eigenvalue weighted by molar-refractivity contribution is 6.31. The fourth-order valence-corrected chi connectivity index (χ4v) is 2.35. The zero-order chi connectivity index (χ0) is 15.2. The minimum Gasteiger partial charge on any atom is -0.399 e. The summed E-state index contributed by atoms with van der Waals surface area (Å²) in [5.41, 5.74) is 7.80. The summed E-state index contributed by atoms with van der Waals surface area (Å²) in [5, 5.41) is 3.87. The molecule has 21 heavy (non-hydrogen) atoms. The summed E-state index contributed by atoms with van der Waals surface area (Å²) in [7, 11) is 0. The van der Waals surface area contributed by atoms with Crippen molar-refractivity contribution in [2.75, 3.05) is 18.8 Å². The second kappa shape index (κ2) is 7.38. The third-order valence-electron chi connectivity index (χ3n) is 3.23. The van der Waals surface area contributed by atoms with Gasteiger partial charge in [-0.3, -0.25) is 0 Å². The molecule has 0 unspecified atom stereocenters.